The molecular formula is C12H17N3S2. The summed E-state index contributed by atoms with van der Waals surface area (Å²) in [6.45, 7) is 5.26. The van der Waals surface area contributed by atoms with Crippen LogP contribution in [0.4, 0.5) is 0 Å². The van der Waals surface area contributed by atoms with Crippen LogP contribution in [0.1, 0.15) is 35.0 Å². The van der Waals surface area contributed by atoms with Gasteiger partial charge in [0.1, 0.15) is 0 Å². The average molecular weight is 267 g/mol. The zero-order chi connectivity index (χ0) is 12.1. The molecule has 1 unspecified atom stereocenters. The van der Waals surface area contributed by atoms with Crippen LogP contribution in [0.3, 0.4) is 0 Å². The lowest BCUT2D eigenvalue weighted by Crippen LogP contribution is -2.23. The Balaban J connectivity index is 2.05. The maximum absolute atomic E-state index is 4.53. The van der Waals surface area contributed by atoms with Gasteiger partial charge in [0.2, 0.25) is 0 Å². The molecule has 0 saturated heterocycles. The van der Waals surface area contributed by atoms with Gasteiger partial charge >= 0.3 is 0 Å². The highest BCUT2D eigenvalue weighted by Crippen LogP contribution is 2.23. The van der Waals surface area contributed by atoms with Gasteiger partial charge in [0.25, 0.3) is 0 Å². The Bertz CT molecular complexity index is 436. The predicted octanol–water partition coefficient (Wildman–Crippen LogP) is 3.19. The third-order valence-electron chi connectivity index (χ3n) is 2.48. The van der Waals surface area contributed by atoms with Gasteiger partial charge in [-0.2, -0.15) is 0 Å². The summed E-state index contributed by atoms with van der Waals surface area (Å²) in [6, 6.07) is 0.355. The molecule has 0 saturated carbocycles. The highest BCUT2D eigenvalue weighted by atomic mass is 32.1. The van der Waals surface area contributed by atoms with Gasteiger partial charge in [0.05, 0.1) is 10.5 Å². The SMILES string of the molecule is CCCNC(Cc1nc(C)cs1)c1cncs1. The molecule has 2 heterocycles. The number of hydrogen-bond acceptors (Lipinski definition) is 5. The molecule has 0 spiro atoms. The van der Waals surface area contributed by atoms with Crippen LogP contribution < -0.4 is 5.32 Å². The molecule has 0 fully saturated rings. The van der Waals surface area contributed by atoms with E-state index in [-0.39, 0.29) is 0 Å². The Labute approximate surface area is 110 Å². The van der Waals surface area contributed by atoms with Crippen LogP contribution in [-0.2, 0) is 6.42 Å². The van der Waals surface area contributed by atoms with E-state index < -0.39 is 0 Å². The normalized spacial score (nSPS) is 12.8. The maximum atomic E-state index is 4.53. The number of nitrogens with zero attached hydrogens (tertiary/aromatic N) is 2. The number of aryl methyl sites for hydroxylation is 1. The lowest BCUT2D eigenvalue weighted by Gasteiger charge is -2.15. The van der Waals surface area contributed by atoms with Gasteiger partial charge in [0, 0.05) is 34.6 Å². The van der Waals surface area contributed by atoms with Crippen LogP contribution in [0, 0.1) is 6.92 Å². The largest absolute Gasteiger partial charge is 0.309 e. The van der Waals surface area contributed by atoms with Crippen molar-refractivity contribution in [2.24, 2.45) is 0 Å². The van der Waals surface area contributed by atoms with Gasteiger partial charge in [0.15, 0.2) is 0 Å². The fourth-order valence-electron chi connectivity index (χ4n) is 1.66. The molecule has 1 N–H and O–H groups in total. The Kier molecular flexibility index (Phi) is 4.65. The monoisotopic (exact) mass is 267 g/mol. The van der Waals surface area contributed by atoms with Crippen molar-refractivity contribution >= 4 is 22.7 Å². The van der Waals surface area contributed by atoms with Crippen molar-refractivity contribution in [1.82, 2.24) is 15.3 Å². The van der Waals surface area contributed by atoms with Crippen LogP contribution in [0.5, 0.6) is 0 Å². The van der Waals surface area contributed by atoms with E-state index in [1.165, 1.54) is 9.88 Å². The zero-order valence-electron chi connectivity index (χ0n) is 10.1. The van der Waals surface area contributed by atoms with Crippen molar-refractivity contribution in [3.05, 3.63) is 32.7 Å². The molecule has 5 heteroatoms. The third-order valence-corrected chi connectivity index (χ3v) is 4.36. The molecule has 0 aliphatic carbocycles. The summed E-state index contributed by atoms with van der Waals surface area (Å²) in [7, 11) is 0. The average Bonchev–Trinajstić information content (AvgIpc) is 2.95. The van der Waals surface area contributed by atoms with E-state index in [0.717, 1.165) is 25.1 Å². The number of hydrogen-bond donors (Lipinski definition) is 1. The molecule has 0 amide bonds. The van der Waals surface area contributed by atoms with Gasteiger partial charge in [-0.1, -0.05) is 6.92 Å². The molecule has 0 aliphatic rings. The van der Waals surface area contributed by atoms with E-state index in [0.29, 0.717) is 6.04 Å². The zero-order valence-corrected chi connectivity index (χ0v) is 11.8. The van der Waals surface area contributed by atoms with E-state index in [9.17, 15) is 0 Å². The summed E-state index contributed by atoms with van der Waals surface area (Å²) in [4.78, 5) is 9.99. The Morgan fingerprint density at radius 3 is 2.88 bits per heavy atom. The molecule has 2 aromatic rings. The molecule has 0 aliphatic heterocycles. The van der Waals surface area contributed by atoms with Gasteiger partial charge < -0.3 is 5.32 Å². The molecule has 3 nitrogen and oxygen atoms in total. The summed E-state index contributed by atoms with van der Waals surface area (Å²) in [6.07, 6.45) is 4.06. The summed E-state index contributed by atoms with van der Waals surface area (Å²) in [5.41, 5.74) is 3.01. The van der Waals surface area contributed by atoms with Gasteiger partial charge in [-0.3, -0.25) is 4.98 Å². The first-order valence-corrected chi connectivity index (χ1v) is 7.58. The van der Waals surface area contributed by atoms with Gasteiger partial charge in [-0.05, 0) is 19.9 Å². The van der Waals surface area contributed by atoms with Crippen LogP contribution in [0.25, 0.3) is 0 Å². The van der Waals surface area contributed by atoms with Crippen LogP contribution in [0.2, 0.25) is 0 Å². The summed E-state index contributed by atoms with van der Waals surface area (Å²) < 4.78 is 0. The molecule has 0 radical (unpaired) electrons. The quantitative estimate of drug-likeness (QED) is 0.873. The first kappa shape index (κ1) is 12.7. The van der Waals surface area contributed by atoms with Crippen molar-refractivity contribution in [3.8, 4) is 0 Å². The molecule has 1 atom stereocenters. The molecule has 17 heavy (non-hydrogen) atoms. The van der Waals surface area contributed by atoms with Crippen LogP contribution >= 0.6 is 22.7 Å². The second-order valence-electron chi connectivity index (χ2n) is 4.00. The second kappa shape index (κ2) is 6.23. The molecule has 0 aromatic carbocycles. The van der Waals surface area contributed by atoms with Crippen molar-refractivity contribution < 1.29 is 0 Å². The molecular weight excluding hydrogens is 250 g/mol. The first-order chi connectivity index (χ1) is 8.29. The van der Waals surface area contributed by atoms with Gasteiger partial charge in [-0.15, -0.1) is 22.7 Å². The van der Waals surface area contributed by atoms with E-state index in [1.54, 1.807) is 22.7 Å². The Morgan fingerprint density at radius 2 is 2.29 bits per heavy atom. The van der Waals surface area contributed by atoms with E-state index in [4.69, 9.17) is 0 Å². The van der Waals surface area contributed by atoms with Crippen LogP contribution in [-0.4, -0.2) is 16.5 Å². The standard InChI is InChI=1S/C12H17N3S2/c1-3-4-14-10(11-6-13-8-17-11)5-12-15-9(2)7-16-12/h6-8,10,14H,3-5H2,1-2H3. The number of rotatable bonds is 6. The molecule has 2 aromatic heterocycles. The van der Waals surface area contributed by atoms with E-state index >= 15 is 0 Å². The highest BCUT2D eigenvalue weighted by Gasteiger charge is 2.14. The van der Waals surface area contributed by atoms with Crippen molar-refractivity contribution in [2.75, 3.05) is 6.54 Å². The number of thiazole rings is 2. The highest BCUT2D eigenvalue weighted by molar-refractivity contribution is 7.10. The third kappa shape index (κ3) is 3.59. The Hall–Kier alpha value is -0.780. The smallest absolute Gasteiger partial charge is 0.0947 e. The van der Waals surface area contributed by atoms with E-state index in [2.05, 4.69) is 27.6 Å². The van der Waals surface area contributed by atoms with E-state index in [1.807, 2.05) is 18.6 Å². The second-order valence-corrected chi connectivity index (χ2v) is 5.86. The maximum Gasteiger partial charge on any atom is 0.0947 e. The minimum Gasteiger partial charge on any atom is -0.309 e. The molecule has 0 bridgehead atoms. The molecule has 2 rings (SSSR count). The number of aromatic nitrogens is 2. The fraction of sp³-hybridized carbons (Fsp3) is 0.500. The summed E-state index contributed by atoms with van der Waals surface area (Å²) >= 11 is 3.45. The van der Waals surface area contributed by atoms with Crippen molar-refractivity contribution in [2.45, 2.75) is 32.7 Å². The minimum absolute atomic E-state index is 0.355. The lowest BCUT2D eigenvalue weighted by molar-refractivity contribution is 0.534. The first-order valence-electron chi connectivity index (χ1n) is 5.82. The lowest BCUT2D eigenvalue weighted by atomic mass is 10.2. The van der Waals surface area contributed by atoms with Crippen LogP contribution in [0.15, 0.2) is 17.1 Å². The summed E-state index contributed by atoms with van der Waals surface area (Å²) in [5, 5.41) is 6.88. The predicted molar refractivity (Wildman–Crippen MR) is 73.7 cm³/mol. The fourth-order valence-corrected chi connectivity index (χ4v) is 3.18. The number of nitrogens with one attached hydrogen (secondary N) is 1. The van der Waals surface area contributed by atoms with Gasteiger partial charge in [-0.25, -0.2) is 4.98 Å². The Morgan fingerprint density at radius 1 is 1.41 bits per heavy atom. The van der Waals surface area contributed by atoms with Crippen molar-refractivity contribution in [1.29, 1.82) is 0 Å². The minimum atomic E-state index is 0.355. The summed E-state index contributed by atoms with van der Waals surface area (Å²) in [5.74, 6) is 0. The molecule has 92 valence electrons. The topological polar surface area (TPSA) is 37.8 Å². The van der Waals surface area contributed by atoms with Crippen molar-refractivity contribution in [3.63, 3.8) is 0 Å².